The molecule has 0 saturated carbocycles. The minimum Gasteiger partial charge on any atom is -0.497 e. The lowest BCUT2D eigenvalue weighted by molar-refractivity contribution is 0.0595. The smallest absolute Gasteiger partial charge is 0.253 e. The lowest BCUT2D eigenvalue weighted by Gasteiger charge is -2.43. The van der Waals surface area contributed by atoms with Gasteiger partial charge >= 0.3 is 0 Å². The second-order valence-electron chi connectivity index (χ2n) is 8.33. The topological polar surface area (TPSA) is 51.5 Å². The standard InChI is InChI=1S/C25H23ClN2O3/c1-31-21-8-4-18(5-9-21)25(30)27-13-16-12-19(15-27)24-22(10-11-23(29)28(24)14-16)17-2-6-20(26)7-3-17/h2-11,16,19H,12-15H2,1H3. The van der Waals surface area contributed by atoms with Crippen molar-refractivity contribution in [2.24, 2.45) is 5.92 Å². The van der Waals surface area contributed by atoms with Gasteiger partial charge in [0.05, 0.1) is 7.11 Å². The van der Waals surface area contributed by atoms with Crippen molar-refractivity contribution in [1.82, 2.24) is 9.47 Å². The van der Waals surface area contributed by atoms with Crippen LogP contribution in [0.4, 0.5) is 0 Å². The summed E-state index contributed by atoms with van der Waals surface area (Å²) in [6.45, 7) is 1.91. The Morgan fingerprint density at radius 3 is 2.42 bits per heavy atom. The number of piperidine rings is 1. The van der Waals surface area contributed by atoms with Gasteiger partial charge in [-0.25, -0.2) is 0 Å². The second-order valence-corrected chi connectivity index (χ2v) is 8.76. The van der Waals surface area contributed by atoms with Crippen LogP contribution in [0.15, 0.2) is 65.5 Å². The minimum absolute atomic E-state index is 0.0251. The van der Waals surface area contributed by atoms with E-state index in [4.69, 9.17) is 16.3 Å². The molecule has 5 rings (SSSR count). The monoisotopic (exact) mass is 434 g/mol. The van der Waals surface area contributed by atoms with Gasteiger partial charge in [0.1, 0.15) is 5.75 Å². The van der Waals surface area contributed by atoms with Crippen molar-refractivity contribution in [3.8, 4) is 16.9 Å². The molecular weight excluding hydrogens is 412 g/mol. The number of halogens is 1. The molecule has 2 aliphatic heterocycles. The zero-order chi connectivity index (χ0) is 21.5. The Morgan fingerprint density at radius 1 is 0.968 bits per heavy atom. The van der Waals surface area contributed by atoms with Crippen molar-refractivity contribution in [2.45, 2.75) is 18.9 Å². The fourth-order valence-electron chi connectivity index (χ4n) is 4.97. The van der Waals surface area contributed by atoms with Crippen molar-refractivity contribution in [1.29, 1.82) is 0 Å². The summed E-state index contributed by atoms with van der Waals surface area (Å²) in [5.74, 6) is 1.14. The molecule has 158 valence electrons. The zero-order valence-corrected chi connectivity index (χ0v) is 18.0. The number of likely N-dealkylation sites (tertiary alicyclic amines) is 1. The molecular formula is C25H23ClN2O3. The van der Waals surface area contributed by atoms with Crippen LogP contribution in [0.3, 0.4) is 0 Å². The molecule has 1 fully saturated rings. The average Bonchev–Trinajstić information content (AvgIpc) is 2.80. The van der Waals surface area contributed by atoms with Gasteiger partial charge in [-0.15, -0.1) is 0 Å². The second kappa shape index (κ2) is 7.89. The number of hydrogen-bond acceptors (Lipinski definition) is 3. The average molecular weight is 435 g/mol. The SMILES string of the molecule is COc1ccc(C(=O)N2CC3CC(C2)c2c(-c4ccc(Cl)cc4)ccc(=O)n2C3)cc1. The Balaban J connectivity index is 1.50. The van der Waals surface area contributed by atoms with Gasteiger partial charge in [-0.3, -0.25) is 9.59 Å². The van der Waals surface area contributed by atoms with E-state index in [-0.39, 0.29) is 23.3 Å². The fourth-order valence-corrected chi connectivity index (χ4v) is 5.10. The molecule has 3 aromatic rings. The van der Waals surface area contributed by atoms with Crippen LogP contribution in [0.5, 0.6) is 5.75 Å². The summed E-state index contributed by atoms with van der Waals surface area (Å²) < 4.78 is 7.12. The third kappa shape index (κ3) is 3.63. The molecule has 31 heavy (non-hydrogen) atoms. The lowest BCUT2D eigenvalue weighted by Crippen LogP contribution is -2.49. The number of aromatic nitrogens is 1. The molecule has 1 saturated heterocycles. The van der Waals surface area contributed by atoms with Crippen molar-refractivity contribution in [3.63, 3.8) is 0 Å². The number of ether oxygens (including phenoxy) is 1. The molecule has 1 aromatic heterocycles. The number of amides is 1. The molecule has 2 atom stereocenters. The van der Waals surface area contributed by atoms with E-state index in [1.165, 1.54) is 0 Å². The van der Waals surface area contributed by atoms with Gasteiger partial charge in [0.2, 0.25) is 0 Å². The van der Waals surface area contributed by atoms with Crippen molar-refractivity contribution < 1.29 is 9.53 Å². The van der Waals surface area contributed by atoms with E-state index < -0.39 is 0 Å². The van der Waals surface area contributed by atoms with Gasteiger partial charge in [-0.05, 0) is 60.4 Å². The number of methoxy groups -OCH3 is 1. The predicted octanol–water partition coefficient (Wildman–Crippen LogP) is 4.44. The molecule has 1 amide bonds. The van der Waals surface area contributed by atoms with Crippen LogP contribution in [0.2, 0.25) is 5.02 Å². The van der Waals surface area contributed by atoms with E-state index in [0.717, 1.165) is 29.0 Å². The van der Waals surface area contributed by atoms with Gasteiger partial charge in [0.15, 0.2) is 0 Å². The van der Waals surface area contributed by atoms with Crippen LogP contribution in [-0.4, -0.2) is 35.6 Å². The summed E-state index contributed by atoms with van der Waals surface area (Å²) in [5, 5.41) is 0.680. The van der Waals surface area contributed by atoms with Crippen molar-refractivity contribution in [3.05, 3.63) is 87.3 Å². The van der Waals surface area contributed by atoms with Gasteiger partial charge < -0.3 is 14.2 Å². The first-order valence-electron chi connectivity index (χ1n) is 10.5. The van der Waals surface area contributed by atoms with E-state index in [1.807, 2.05) is 64.1 Å². The van der Waals surface area contributed by atoms with E-state index in [9.17, 15) is 9.59 Å². The summed E-state index contributed by atoms with van der Waals surface area (Å²) in [4.78, 5) is 27.8. The molecule has 6 heteroatoms. The predicted molar refractivity (Wildman–Crippen MR) is 121 cm³/mol. The maximum atomic E-state index is 13.2. The Bertz CT molecular complexity index is 1180. The van der Waals surface area contributed by atoms with Gasteiger partial charge in [0.25, 0.3) is 11.5 Å². The lowest BCUT2D eigenvalue weighted by atomic mass is 9.80. The Labute approximate surface area is 185 Å². The van der Waals surface area contributed by atoms with E-state index in [0.29, 0.717) is 30.2 Å². The van der Waals surface area contributed by atoms with E-state index in [2.05, 4.69) is 0 Å². The first kappa shape index (κ1) is 19.9. The van der Waals surface area contributed by atoms with Crippen LogP contribution in [-0.2, 0) is 6.54 Å². The molecule has 2 aromatic carbocycles. The van der Waals surface area contributed by atoms with Crippen LogP contribution >= 0.6 is 11.6 Å². The summed E-state index contributed by atoms with van der Waals surface area (Å²) in [7, 11) is 1.61. The first-order chi connectivity index (χ1) is 15.0. The summed E-state index contributed by atoms with van der Waals surface area (Å²) in [6.07, 6.45) is 0.983. The van der Waals surface area contributed by atoms with Crippen LogP contribution in [0.1, 0.15) is 28.4 Å². The number of fused-ring (bicyclic) bond motifs is 4. The number of carbonyl (C=O) groups is 1. The summed E-state index contributed by atoms with van der Waals surface area (Å²) in [6, 6.07) is 18.5. The maximum absolute atomic E-state index is 13.2. The molecule has 2 unspecified atom stereocenters. The Morgan fingerprint density at radius 2 is 1.71 bits per heavy atom. The van der Waals surface area contributed by atoms with Gasteiger partial charge in [-0.1, -0.05) is 23.7 Å². The van der Waals surface area contributed by atoms with Crippen molar-refractivity contribution >= 4 is 17.5 Å². The number of rotatable bonds is 3. The highest BCUT2D eigenvalue weighted by Gasteiger charge is 2.38. The molecule has 0 spiro atoms. The van der Waals surface area contributed by atoms with Crippen LogP contribution in [0, 0.1) is 5.92 Å². The molecule has 0 radical (unpaired) electrons. The highest BCUT2D eigenvalue weighted by molar-refractivity contribution is 6.30. The third-order valence-corrected chi connectivity index (χ3v) is 6.62. The minimum atomic E-state index is 0.0251. The molecule has 0 aliphatic carbocycles. The molecule has 5 nitrogen and oxygen atoms in total. The maximum Gasteiger partial charge on any atom is 0.253 e. The van der Waals surface area contributed by atoms with Crippen LogP contribution in [0.25, 0.3) is 11.1 Å². The molecule has 2 bridgehead atoms. The Kier molecular flexibility index (Phi) is 5.06. The first-order valence-corrected chi connectivity index (χ1v) is 10.8. The van der Waals surface area contributed by atoms with Crippen LogP contribution < -0.4 is 10.3 Å². The summed E-state index contributed by atoms with van der Waals surface area (Å²) >= 11 is 6.08. The summed E-state index contributed by atoms with van der Waals surface area (Å²) in [5.41, 5.74) is 3.78. The highest BCUT2D eigenvalue weighted by Crippen LogP contribution is 2.40. The van der Waals surface area contributed by atoms with Gasteiger partial charge in [-0.2, -0.15) is 0 Å². The quantitative estimate of drug-likeness (QED) is 0.612. The number of benzene rings is 2. The third-order valence-electron chi connectivity index (χ3n) is 6.37. The number of hydrogen-bond donors (Lipinski definition) is 0. The molecule has 0 N–H and O–H groups in total. The Hall–Kier alpha value is -3.05. The molecule has 3 heterocycles. The number of carbonyl (C=O) groups excluding carboxylic acids is 1. The molecule has 2 aliphatic rings. The number of pyridine rings is 1. The fraction of sp³-hybridized carbons (Fsp3) is 0.280. The normalized spacial score (nSPS) is 19.6. The highest BCUT2D eigenvalue weighted by atomic mass is 35.5. The number of nitrogens with zero attached hydrogens (tertiary/aromatic N) is 2. The van der Waals surface area contributed by atoms with Crippen molar-refractivity contribution in [2.75, 3.05) is 20.2 Å². The largest absolute Gasteiger partial charge is 0.497 e. The van der Waals surface area contributed by atoms with E-state index >= 15 is 0 Å². The zero-order valence-electron chi connectivity index (χ0n) is 17.3. The van der Waals surface area contributed by atoms with Gasteiger partial charge in [0, 0.05) is 53.5 Å². The van der Waals surface area contributed by atoms with E-state index in [1.54, 1.807) is 13.2 Å².